The molecule has 0 aromatic heterocycles. The zero-order chi connectivity index (χ0) is 21.9. The van der Waals surface area contributed by atoms with Crippen LogP contribution in [-0.4, -0.2) is 22.9 Å². The minimum absolute atomic E-state index is 0.212. The molecule has 0 radical (unpaired) electrons. The van der Waals surface area contributed by atoms with Gasteiger partial charge in [0.25, 0.3) is 5.24 Å². The molecule has 1 atom stereocenters. The van der Waals surface area contributed by atoms with Gasteiger partial charge >= 0.3 is 0 Å². The summed E-state index contributed by atoms with van der Waals surface area (Å²) in [6.45, 7) is 0.568. The fourth-order valence-electron chi connectivity index (χ4n) is 3.91. The Hall–Kier alpha value is -3.75. The molecule has 0 saturated carbocycles. The van der Waals surface area contributed by atoms with Gasteiger partial charge < -0.3 is 4.90 Å². The first-order chi connectivity index (χ1) is 15.7. The second kappa shape index (κ2) is 8.78. The summed E-state index contributed by atoms with van der Waals surface area (Å²) >= 11 is 1.05. The predicted octanol–water partition coefficient (Wildman–Crippen LogP) is 5.25. The molecule has 2 heterocycles. The average molecular weight is 437 g/mol. The van der Waals surface area contributed by atoms with Crippen LogP contribution in [0.2, 0.25) is 0 Å². The molecule has 0 spiro atoms. The van der Waals surface area contributed by atoms with Gasteiger partial charge in [-0.3, -0.25) is 14.9 Å². The van der Waals surface area contributed by atoms with Crippen molar-refractivity contribution in [3.05, 3.63) is 95.1 Å². The number of carbonyl (C=O) groups excluding carboxylic acids is 2. The van der Waals surface area contributed by atoms with E-state index in [-0.39, 0.29) is 16.4 Å². The Kier molecular flexibility index (Phi) is 5.53. The number of hydrogen-bond acceptors (Lipinski definition) is 4. The largest absolute Gasteiger partial charge is 0.329 e. The smallest absolute Gasteiger partial charge is 0.286 e. The van der Waals surface area contributed by atoms with Crippen molar-refractivity contribution >= 4 is 46.4 Å². The lowest BCUT2D eigenvalue weighted by molar-refractivity contribution is -0.118. The third kappa shape index (κ3) is 4.18. The van der Waals surface area contributed by atoms with Crippen LogP contribution in [0.3, 0.4) is 0 Å². The highest BCUT2D eigenvalue weighted by atomic mass is 32.2. The summed E-state index contributed by atoms with van der Waals surface area (Å²) in [6, 6.07) is 24.6. The highest BCUT2D eigenvalue weighted by molar-refractivity contribution is 8.15. The molecule has 0 bridgehead atoms. The first-order valence-corrected chi connectivity index (χ1v) is 11.3. The number of nitrogens with zero attached hydrogens (tertiary/aromatic N) is 1. The predicted molar refractivity (Wildman–Crippen MR) is 131 cm³/mol. The van der Waals surface area contributed by atoms with Crippen LogP contribution in [0, 0.1) is 11.8 Å². The summed E-state index contributed by atoms with van der Waals surface area (Å²) in [5.41, 5.74) is 6.55. The van der Waals surface area contributed by atoms with Gasteiger partial charge in [-0.1, -0.05) is 84.3 Å². The fourth-order valence-corrected chi connectivity index (χ4v) is 4.77. The van der Waals surface area contributed by atoms with E-state index in [1.807, 2.05) is 36.4 Å². The second-order valence-corrected chi connectivity index (χ2v) is 8.80. The zero-order valence-corrected chi connectivity index (χ0v) is 18.1. The molecule has 0 aliphatic carbocycles. The average Bonchev–Trinajstić information content (AvgIpc) is 3.04. The monoisotopic (exact) mass is 436 g/mol. The normalized spacial score (nSPS) is 16.5. The number of anilines is 2. The van der Waals surface area contributed by atoms with Crippen LogP contribution >= 0.6 is 11.8 Å². The number of amides is 2. The van der Waals surface area contributed by atoms with E-state index in [0.29, 0.717) is 13.0 Å². The Morgan fingerprint density at radius 2 is 1.47 bits per heavy atom. The maximum Gasteiger partial charge on any atom is 0.286 e. The van der Waals surface area contributed by atoms with Crippen molar-refractivity contribution in [3.63, 3.8) is 0 Å². The van der Waals surface area contributed by atoms with Gasteiger partial charge in [0.15, 0.2) is 0 Å². The standard InChI is InChI=1S/C27H20N2O2S/c30-26-25(32-27(31)28-26)18-20-13-11-19(12-14-20)6-5-17-29-23-9-3-1-7-21(23)15-16-22-8-2-4-10-24(22)29/h1-4,7-16,25H,17-18H2,(H,28,30,31). The number of benzene rings is 3. The Morgan fingerprint density at radius 3 is 2.06 bits per heavy atom. The molecule has 1 fully saturated rings. The Morgan fingerprint density at radius 1 is 0.844 bits per heavy atom. The van der Waals surface area contributed by atoms with Crippen LogP contribution in [0.4, 0.5) is 16.2 Å². The molecule has 1 N–H and O–H groups in total. The molecule has 1 saturated heterocycles. The topological polar surface area (TPSA) is 49.4 Å². The lowest BCUT2D eigenvalue weighted by atomic mass is 10.1. The number of carbonyl (C=O) groups is 2. The maximum absolute atomic E-state index is 11.8. The molecule has 156 valence electrons. The molecule has 1 unspecified atom stereocenters. The fraction of sp³-hybridized carbons (Fsp3) is 0.111. The third-order valence-electron chi connectivity index (χ3n) is 5.51. The van der Waals surface area contributed by atoms with Crippen molar-refractivity contribution in [2.45, 2.75) is 11.7 Å². The molecule has 5 heteroatoms. The second-order valence-electron chi connectivity index (χ2n) is 7.62. The van der Waals surface area contributed by atoms with Crippen molar-refractivity contribution in [2.24, 2.45) is 0 Å². The number of hydrogen-bond donors (Lipinski definition) is 1. The van der Waals surface area contributed by atoms with Crippen LogP contribution < -0.4 is 10.2 Å². The Balaban J connectivity index is 1.34. The quantitative estimate of drug-likeness (QED) is 0.570. The summed E-state index contributed by atoms with van der Waals surface area (Å²) in [7, 11) is 0. The highest BCUT2D eigenvalue weighted by Gasteiger charge is 2.31. The number of imide groups is 1. The van der Waals surface area contributed by atoms with E-state index < -0.39 is 0 Å². The Labute approximate surface area is 191 Å². The first kappa shape index (κ1) is 20.2. The zero-order valence-electron chi connectivity index (χ0n) is 17.2. The van der Waals surface area contributed by atoms with Crippen LogP contribution in [0.5, 0.6) is 0 Å². The minimum Gasteiger partial charge on any atom is -0.329 e. The third-order valence-corrected chi connectivity index (χ3v) is 6.49. The van der Waals surface area contributed by atoms with Gasteiger partial charge in [0.05, 0.1) is 11.8 Å². The molecule has 4 nitrogen and oxygen atoms in total. The minimum atomic E-state index is -0.351. The summed E-state index contributed by atoms with van der Waals surface area (Å²) in [5.74, 6) is 6.37. The number of para-hydroxylation sites is 2. The summed E-state index contributed by atoms with van der Waals surface area (Å²) in [5, 5.41) is 1.71. The SMILES string of the molecule is O=C1NC(=O)C(Cc2ccc(C#CCN3c4ccccc4C=Cc4ccccc43)cc2)S1. The van der Waals surface area contributed by atoms with Crippen LogP contribution in [0.15, 0.2) is 72.8 Å². The van der Waals surface area contributed by atoms with Gasteiger partial charge in [0.2, 0.25) is 5.91 Å². The number of rotatable bonds is 3. The van der Waals surface area contributed by atoms with Crippen molar-refractivity contribution in [3.8, 4) is 11.8 Å². The molecule has 3 aromatic rings. The van der Waals surface area contributed by atoms with Gasteiger partial charge in [-0.2, -0.15) is 0 Å². The van der Waals surface area contributed by atoms with Crippen molar-refractivity contribution < 1.29 is 9.59 Å². The highest BCUT2D eigenvalue weighted by Crippen LogP contribution is 2.35. The summed E-state index contributed by atoms with van der Waals surface area (Å²) in [6.07, 6.45) is 4.83. The number of nitrogens with one attached hydrogen (secondary N) is 1. The first-order valence-electron chi connectivity index (χ1n) is 10.4. The molecule has 5 rings (SSSR count). The van der Waals surface area contributed by atoms with E-state index in [4.69, 9.17) is 0 Å². The van der Waals surface area contributed by atoms with E-state index in [9.17, 15) is 9.59 Å². The Bertz CT molecular complexity index is 1240. The van der Waals surface area contributed by atoms with Crippen LogP contribution in [0.25, 0.3) is 12.2 Å². The van der Waals surface area contributed by atoms with Gasteiger partial charge in [-0.05, 0) is 47.4 Å². The van der Waals surface area contributed by atoms with E-state index in [0.717, 1.165) is 34.3 Å². The van der Waals surface area contributed by atoms with Gasteiger partial charge in [0, 0.05) is 16.9 Å². The molecule has 2 aliphatic rings. The summed E-state index contributed by atoms with van der Waals surface area (Å²) < 4.78 is 0. The van der Waals surface area contributed by atoms with E-state index in [2.05, 4.69) is 70.6 Å². The molecular weight excluding hydrogens is 416 g/mol. The number of fused-ring (bicyclic) bond motifs is 2. The van der Waals surface area contributed by atoms with Crippen molar-refractivity contribution in [1.82, 2.24) is 5.32 Å². The van der Waals surface area contributed by atoms with E-state index in [1.54, 1.807) is 0 Å². The molecule has 2 aliphatic heterocycles. The molecule has 2 amide bonds. The molecular formula is C27H20N2O2S. The molecule has 32 heavy (non-hydrogen) atoms. The van der Waals surface area contributed by atoms with Crippen LogP contribution in [-0.2, 0) is 11.2 Å². The summed E-state index contributed by atoms with van der Waals surface area (Å²) in [4.78, 5) is 25.3. The van der Waals surface area contributed by atoms with Crippen LogP contribution in [0.1, 0.15) is 22.3 Å². The number of thioether (sulfide) groups is 1. The maximum atomic E-state index is 11.8. The van der Waals surface area contributed by atoms with Gasteiger partial charge in [-0.25, -0.2) is 0 Å². The lowest BCUT2D eigenvalue weighted by Gasteiger charge is -2.24. The van der Waals surface area contributed by atoms with Crippen molar-refractivity contribution in [1.29, 1.82) is 0 Å². The van der Waals surface area contributed by atoms with E-state index >= 15 is 0 Å². The van der Waals surface area contributed by atoms with Gasteiger partial charge in [0.1, 0.15) is 0 Å². The molecule has 3 aromatic carbocycles. The van der Waals surface area contributed by atoms with E-state index in [1.165, 1.54) is 11.1 Å². The van der Waals surface area contributed by atoms with Crippen molar-refractivity contribution in [2.75, 3.05) is 11.4 Å². The van der Waals surface area contributed by atoms with Gasteiger partial charge in [-0.15, -0.1) is 0 Å². The lowest BCUT2D eigenvalue weighted by Crippen LogP contribution is -2.25.